The van der Waals surface area contributed by atoms with Gasteiger partial charge in [0.25, 0.3) is 0 Å². The van der Waals surface area contributed by atoms with Gasteiger partial charge in [-0.15, -0.1) is 0 Å². The zero-order valence-electron chi connectivity index (χ0n) is 19.0. The molecule has 0 aliphatic heterocycles. The molecule has 0 saturated carbocycles. The normalized spacial score (nSPS) is 21.9. The molecule has 0 nitrogen and oxygen atoms in total. The smallest absolute Gasteiger partial charge is 0.0473 e. The van der Waals surface area contributed by atoms with Crippen LogP contribution in [0.15, 0.2) is 63.2 Å². The van der Waals surface area contributed by atoms with E-state index in [1.165, 1.54) is 37.9 Å². The highest BCUT2D eigenvalue weighted by atomic mass is 79.9. The highest BCUT2D eigenvalue weighted by Crippen LogP contribution is 2.67. The minimum Gasteiger partial charge on any atom is -0.0654 e. The molecule has 0 atom stereocenters. The Labute approximate surface area is 252 Å². The highest BCUT2D eigenvalue weighted by Gasteiger charge is 2.59. The van der Waals surface area contributed by atoms with Crippen LogP contribution in [0.2, 0.25) is 0 Å². The zero-order chi connectivity index (χ0) is 24.4. The second kappa shape index (κ2) is 9.69. The molecule has 0 saturated heterocycles. The van der Waals surface area contributed by atoms with Crippen molar-refractivity contribution in [3.63, 3.8) is 0 Å². The van der Waals surface area contributed by atoms with Crippen LogP contribution in [0.5, 0.6) is 0 Å². The lowest BCUT2D eigenvalue weighted by Crippen LogP contribution is -2.51. The Bertz CT molecular complexity index is 1240. The lowest BCUT2D eigenvalue weighted by atomic mass is 9.45. The first-order valence-electron chi connectivity index (χ1n) is 11.7. The molecule has 0 fully saturated rings. The molecule has 0 unspecified atom stereocenters. The average molecular weight is 840 g/mol. The predicted octanol–water partition coefficient (Wildman–Crippen LogP) is 11.9. The first-order valence-corrected chi connectivity index (χ1v) is 16.5. The van der Waals surface area contributed by atoms with Crippen LogP contribution in [-0.2, 0) is 10.8 Å². The van der Waals surface area contributed by atoms with Crippen LogP contribution in [0.3, 0.4) is 0 Å². The van der Waals surface area contributed by atoms with E-state index in [1.54, 1.807) is 0 Å². The van der Waals surface area contributed by atoms with Gasteiger partial charge in [0.05, 0.1) is 0 Å². The van der Waals surface area contributed by atoms with Crippen molar-refractivity contribution >= 4 is 95.6 Å². The van der Waals surface area contributed by atoms with Crippen molar-refractivity contribution in [3.05, 3.63) is 96.6 Å². The topological polar surface area (TPSA) is 0 Å². The molecule has 3 aliphatic carbocycles. The summed E-state index contributed by atoms with van der Waals surface area (Å²) in [5.41, 5.74) is 8.27. The van der Waals surface area contributed by atoms with E-state index in [1.807, 2.05) is 0 Å². The van der Waals surface area contributed by atoms with Crippen molar-refractivity contribution in [1.82, 2.24) is 0 Å². The van der Waals surface area contributed by atoms with Crippen molar-refractivity contribution in [1.29, 1.82) is 0 Å². The van der Waals surface area contributed by atoms with E-state index in [0.717, 1.165) is 60.9 Å². The molecule has 6 rings (SSSR count). The maximum Gasteiger partial charge on any atom is 0.0473 e. The molecule has 0 aromatic heterocycles. The number of halogens is 6. The van der Waals surface area contributed by atoms with Crippen molar-refractivity contribution in [2.75, 3.05) is 0 Å². The first kappa shape index (κ1) is 26.2. The van der Waals surface area contributed by atoms with Crippen LogP contribution >= 0.6 is 95.6 Å². The summed E-state index contributed by atoms with van der Waals surface area (Å²) in [7, 11) is 0. The molecule has 6 heteroatoms. The van der Waals surface area contributed by atoms with Crippen LogP contribution in [-0.4, -0.2) is 0 Å². The van der Waals surface area contributed by atoms with Gasteiger partial charge in [0.1, 0.15) is 0 Å². The van der Waals surface area contributed by atoms with Gasteiger partial charge < -0.3 is 0 Å². The molecule has 0 amide bonds. The van der Waals surface area contributed by atoms with Crippen LogP contribution in [0.4, 0.5) is 0 Å². The standard InChI is InChI=1S/C28H24Br6/c1-3-5-9-27-15-7-8-20(29)26(34)25(15)28(10-6-4-2,18-13-23(32)21(30)11-16(18)27)19-14-24(33)22(31)12-17(19)27/h7-8,11-14H,3-6,9-10H2,1-2H3. The van der Waals surface area contributed by atoms with E-state index in [2.05, 4.69) is 146 Å². The molecule has 3 aromatic carbocycles. The van der Waals surface area contributed by atoms with Crippen molar-refractivity contribution in [2.24, 2.45) is 0 Å². The van der Waals surface area contributed by atoms with Gasteiger partial charge in [0, 0.05) is 37.7 Å². The van der Waals surface area contributed by atoms with Crippen molar-refractivity contribution < 1.29 is 0 Å². The summed E-state index contributed by atoms with van der Waals surface area (Å²) in [5.74, 6) is 0. The van der Waals surface area contributed by atoms with E-state index < -0.39 is 0 Å². The minimum absolute atomic E-state index is 0.195. The molecule has 3 aliphatic rings. The molecule has 0 N–H and O–H groups in total. The van der Waals surface area contributed by atoms with Gasteiger partial charge in [0.15, 0.2) is 0 Å². The third-order valence-electron chi connectivity index (χ3n) is 7.75. The fourth-order valence-electron chi connectivity index (χ4n) is 6.36. The van der Waals surface area contributed by atoms with Gasteiger partial charge in [-0.25, -0.2) is 0 Å². The van der Waals surface area contributed by atoms with Gasteiger partial charge in [0.2, 0.25) is 0 Å². The van der Waals surface area contributed by atoms with Crippen molar-refractivity contribution in [3.8, 4) is 0 Å². The predicted molar refractivity (Wildman–Crippen MR) is 164 cm³/mol. The Morgan fingerprint density at radius 2 is 0.941 bits per heavy atom. The largest absolute Gasteiger partial charge is 0.0654 e. The second-order valence-corrected chi connectivity index (χ2v) is 14.5. The van der Waals surface area contributed by atoms with Crippen LogP contribution in [0.25, 0.3) is 0 Å². The molecule has 0 spiro atoms. The third-order valence-corrected chi connectivity index (χ3v) is 13.5. The highest BCUT2D eigenvalue weighted by molar-refractivity contribution is 9.13. The summed E-state index contributed by atoms with van der Waals surface area (Å²) in [5, 5.41) is 0. The number of benzene rings is 3. The van der Waals surface area contributed by atoms with Crippen LogP contribution < -0.4 is 0 Å². The number of unbranched alkanes of at least 4 members (excludes halogenated alkanes) is 2. The lowest BCUT2D eigenvalue weighted by molar-refractivity contribution is 0.401. The molecule has 34 heavy (non-hydrogen) atoms. The summed E-state index contributed by atoms with van der Waals surface area (Å²) >= 11 is 23.4. The molecule has 0 radical (unpaired) electrons. The monoisotopic (exact) mass is 834 g/mol. The van der Waals surface area contributed by atoms with Gasteiger partial charge >= 0.3 is 0 Å². The Balaban J connectivity index is 2.04. The fourth-order valence-corrected chi connectivity index (χ4v) is 8.75. The van der Waals surface area contributed by atoms with E-state index in [0.29, 0.717) is 0 Å². The fraction of sp³-hybridized carbons (Fsp3) is 0.357. The average Bonchev–Trinajstić information content (AvgIpc) is 2.81. The van der Waals surface area contributed by atoms with Gasteiger partial charge in [-0.3, -0.25) is 0 Å². The quantitative estimate of drug-likeness (QED) is 0.232. The zero-order valence-corrected chi connectivity index (χ0v) is 28.5. The number of hydrogen-bond acceptors (Lipinski definition) is 0. The first-order chi connectivity index (χ1) is 16.2. The summed E-state index contributed by atoms with van der Waals surface area (Å²) in [6, 6.07) is 14.2. The van der Waals surface area contributed by atoms with Crippen molar-refractivity contribution in [2.45, 2.75) is 63.2 Å². The van der Waals surface area contributed by atoms with Gasteiger partial charge in [-0.2, -0.15) is 0 Å². The maximum atomic E-state index is 4.07. The Hall–Kier alpha value is 0.540. The molecule has 178 valence electrons. The lowest BCUT2D eigenvalue weighted by Gasteiger charge is -2.58. The summed E-state index contributed by atoms with van der Waals surface area (Å²) in [4.78, 5) is 0. The SMILES string of the molecule is CCCCC12c3cc(Br)c(Br)cc3C(CCCC)(c3cc(Br)c(Br)cc31)c1c2ccc(Br)c1Br. The molecular formula is C28H24Br6. The minimum atomic E-state index is -0.223. The number of rotatable bonds is 6. The maximum absolute atomic E-state index is 4.07. The molecular weight excluding hydrogens is 816 g/mol. The van der Waals surface area contributed by atoms with E-state index in [9.17, 15) is 0 Å². The third kappa shape index (κ3) is 3.55. The van der Waals surface area contributed by atoms with E-state index >= 15 is 0 Å². The summed E-state index contributed by atoms with van der Waals surface area (Å²) in [6.07, 6.45) is 6.78. The van der Waals surface area contributed by atoms with E-state index in [-0.39, 0.29) is 10.8 Å². The molecule has 0 heterocycles. The molecule has 3 aromatic rings. The Morgan fingerprint density at radius 1 is 0.529 bits per heavy atom. The van der Waals surface area contributed by atoms with Gasteiger partial charge in [-0.05, 0) is 172 Å². The van der Waals surface area contributed by atoms with Crippen LogP contribution in [0.1, 0.15) is 85.8 Å². The van der Waals surface area contributed by atoms with Gasteiger partial charge in [-0.1, -0.05) is 45.6 Å². The Kier molecular flexibility index (Phi) is 7.46. The Morgan fingerprint density at radius 3 is 1.38 bits per heavy atom. The van der Waals surface area contributed by atoms with Crippen LogP contribution in [0, 0.1) is 0 Å². The second-order valence-electron chi connectivity index (χ2n) is 9.43. The number of hydrogen-bond donors (Lipinski definition) is 0. The summed E-state index contributed by atoms with van der Waals surface area (Å²) < 4.78 is 6.79. The van der Waals surface area contributed by atoms with E-state index in [4.69, 9.17) is 0 Å². The molecule has 2 bridgehead atoms. The summed E-state index contributed by atoms with van der Waals surface area (Å²) in [6.45, 7) is 4.59.